The zero-order valence-corrected chi connectivity index (χ0v) is 13.1. The normalized spacial score (nSPS) is 12.4. The van der Waals surface area contributed by atoms with Crippen LogP contribution in [0.1, 0.15) is 11.1 Å². The van der Waals surface area contributed by atoms with E-state index in [-0.39, 0.29) is 11.9 Å². The van der Waals surface area contributed by atoms with Gasteiger partial charge in [-0.15, -0.1) is 0 Å². The molecule has 0 radical (unpaired) electrons. The predicted octanol–water partition coefficient (Wildman–Crippen LogP) is 3.86. The van der Waals surface area contributed by atoms with Crippen LogP contribution in [0.25, 0.3) is 0 Å². The molecular formula is C15H15BrClFN2. The molecule has 3 N–H and O–H groups in total. The van der Waals surface area contributed by atoms with Gasteiger partial charge in [-0.25, -0.2) is 4.39 Å². The number of halogens is 3. The number of hydrogen-bond acceptors (Lipinski definition) is 2. The van der Waals surface area contributed by atoms with Gasteiger partial charge in [-0.3, -0.25) is 11.3 Å². The van der Waals surface area contributed by atoms with Crippen LogP contribution in [0.4, 0.5) is 4.39 Å². The van der Waals surface area contributed by atoms with Gasteiger partial charge in [-0.1, -0.05) is 39.7 Å². The topological polar surface area (TPSA) is 38.0 Å². The van der Waals surface area contributed by atoms with Crippen molar-refractivity contribution in [3.63, 3.8) is 0 Å². The maximum Gasteiger partial charge on any atom is 0.123 e. The Bertz CT molecular complexity index is 575. The third-order valence-electron chi connectivity index (χ3n) is 3.11. The summed E-state index contributed by atoms with van der Waals surface area (Å²) in [5.41, 5.74) is 4.80. The summed E-state index contributed by atoms with van der Waals surface area (Å²) in [4.78, 5) is 0. The van der Waals surface area contributed by atoms with Crippen LogP contribution in [0.2, 0.25) is 5.02 Å². The van der Waals surface area contributed by atoms with Gasteiger partial charge < -0.3 is 0 Å². The summed E-state index contributed by atoms with van der Waals surface area (Å²) in [5, 5.41) is 0.707. The van der Waals surface area contributed by atoms with Crippen molar-refractivity contribution in [1.29, 1.82) is 0 Å². The maximum atomic E-state index is 13.3. The average molecular weight is 358 g/mol. The molecule has 0 aliphatic heterocycles. The lowest BCUT2D eigenvalue weighted by Gasteiger charge is -2.17. The summed E-state index contributed by atoms with van der Waals surface area (Å²) in [6, 6.07) is 12.3. The molecule has 1 atom stereocenters. The van der Waals surface area contributed by atoms with Gasteiger partial charge in [0.2, 0.25) is 0 Å². The largest absolute Gasteiger partial charge is 0.271 e. The molecule has 2 rings (SSSR count). The van der Waals surface area contributed by atoms with Gasteiger partial charge in [0, 0.05) is 15.5 Å². The van der Waals surface area contributed by atoms with Gasteiger partial charge in [0.15, 0.2) is 0 Å². The Morgan fingerprint density at radius 1 is 1.15 bits per heavy atom. The summed E-state index contributed by atoms with van der Waals surface area (Å²) in [7, 11) is 0. The summed E-state index contributed by atoms with van der Waals surface area (Å²) in [6.45, 7) is 0. The molecule has 0 heterocycles. The highest BCUT2D eigenvalue weighted by Gasteiger charge is 2.12. The second-order valence-corrected chi connectivity index (χ2v) is 5.92. The van der Waals surface area contributed by atoms with Crippen LogP contribution in [0, 0.1) is 5.82 Å². The van der Waals surface area contributed by atoms with E-state index in [9.17, 15) is 4.39 Å². The van der Waals surface area contributed by atoms with E-state index in [1.807, 2.05) is 24.3 Å². The molecule has 20 heavy (non-hydrogen) atoms. The molecule has 106 valence electrons. The van der Waals surface area contributed by atoms with Crippen LogP contribution in [0.15, 0.2) is 46.9 Å². The van der Waals surface area contributed by atoms with Crippen molar-refractivity contribution in [2.45, 2.75) is 18.9 Å². The van der Waals surface area contributed by atoms with Gasteiger partial charge >= 0.3 is 0 Å². The van der Waals surface area contributed by atoms with E-state index in [0.29, 0.717) is 11.4 Å². The predicted molar refractivity (Wildman–Crippen MR) is 84.1 cm³/mol. The Morgan fingerprint density at radius 2 is 1.85 bits per heavy atom. The highest BCUT2D eigenvalue weighted by atomic mass is 79.9. The summed E-state index contributed by atoms with van der Waals surface area (Å²) < 4.78 is 14.2. The number of rotatable bonds is 5. The molecule has 0 fully saturated rings. The van der Waals surface area contributed by atoms with E-state index in [2.05, 4.69) is 21.4 Å². The average Bonchev–Trinajstić information content (AvgIpc) is 2.44. The summed E-state index contributed by atoms with van der Waals surface area (Å²) in [6.07, 6.45) is 1.38. The van der Waals surface area contributed by atoms with Crippen molar-refractivity contribution in [1.82, 2.24) is 5.43 Å². The van der Waals surface area contributed by atoms with E-state index in [1.165, 1.54) is 12.1 Å². The molecule has 2 aromatic carbocycles. The van der Waals surface area contributed by atoms with Crippen LogP contribution in [-0.4, -0.2) is 6.04 Å². The molecule has 0 spiro atoms. The van der Waals surface area contributed by atoms with E-state index >= 15 is 0 Å². The molecule has 0 saturated heterocycles. The first-order valence-corrected chi connectivity index (χ1v) is 7.40. The fourth-order valence-corrected chi connectivity index (χ4v) is 2.59. The zero-order valence-electron chi connectivity index (χ0n) is 10.7. The minimum atomic E-state index is -0.245. The number of nitrogens with one attached hydrogen (secondary N) is 1. The van der Waals surface area contributed by atoms with E-state index in [0.717, 1.165) is 22.0 Å². The Balaban J connectivity index is 2.08. The van der Waals surface area contributed by atoms with Crippen molar-refractivity contribution in [3.05, 3.63) is 68.9 Å². The van der Waals surface area contributed by atoms with Gasteiger partial charge in [0.25, 0.3) is 0 Å². The van der Waals surface area contributed by atoms with Gasteiger partial charge in [-0.05, 0) is 54.3 Å². The third kappa shape index (κ3) is 4.28. The number of hydrogen-bond donors (Lipinski definition) is 2. The van der Waals surface area contributed by atoms with Crippen molar-refractivity contribution < 1.29 is 4.39 Å². The molecule has 0 aliphatic carbocycles. The Kier molecular flexibility index (Phi) is 5.54. The standard InChI is InChI=1S/C15H15BrClFN2/c16-15-6-5-13(18)8-11(15)9-14(20-19)7-10-1-3-12(17)4-2-10/h1-6,8,14,20H,7,9,19H2. The van der Waals surface area contributed by atoms with E-state index in [4.69, 9.17) is 17.4 Å². The number of hydrazine groups is 1. The van der Waals surface area contributed by atoms with Crippen LogP contribution < -0.4 is 11.3 Å². The monoisotopic (exact) mass is 356 g/mol. The quantitative estimate of drug-likeness (QED) is 0.630. The molecule has 2 nitrogen and oxygen atoms in total. The fourth-order valence-electron chi connectivity index (χ4n) is 2.06. The second kappa shape index (κ2) is 7.18. The Morgan fingerprint density at radius 3 is 2.50 bits per heavy atom. The Hall–Kier alpha value is -0.940. The lowest BCUT2D eigenvalue weighted by atomic mass is 9.99. The SMILES string of the molecule is NNC(Cc1ccc(Cl)cc1)Cc1cc(F)ccc1Br. The number of benzene rings is 2. The fraction of sp³-hybridized carbons (Fsp3) is 0.200. The van der Waals surface area contributed by atoms with Gasteiger partial charge in [0.1, 0.15) is 5.82 Å². The van der Waals surface area contributed by atoms with E-state index < -0.39 is 0 Å². The van der Waals surface area contributed by atoms with Crippen molar-refractivity contribution in [2.24, 2.45) is 5.84 Å². The lowest BCUT2D eigenvalue weighted by Crippen LogP contribution is -2.38. The van der Waals surface area contributed by atoms with E-state index in [1.54, 1.807) is 6.07 Å². The zero-order chi connectivity index (χ0) is 14.5. The molecule has 2 aromatic rings. The number of nitrogens with two attached hydrogens (primary N) is 1. The first-order chi connectivity index (χ1) is 9.58. The smallest absolute Gasteiger partial charge is 0.123 e. The lowest BCUT2D eigenvalue weighted by molar-refractivity contribution is 0.519. The molecule has 1 unspecified atom stereocenters. The van der Waals surface area contributed by atoms with Gasteiger partial charge in [-0.2, -0.15) is 0 Å². The van der Waals surface area contributed by atoms with Crippen LogP contribution in [-0.2, 0) is 12.8 Å². The molecule has 5 heteroatoms. The first kappa shape index (κ1) is 15.4. The molecule has 0 amide bonds. The Labute approximate surface area is 131 Å². The maximum absolute atomic E-state index is 13.3. The van der Waals surface area contributed by atoms with Crippen LogP contribution >= 0.6 is 27.5 Å². The van der Waals surface area contributed by atoms with Crippen LogP contribution in [0.3, 0.4) is 0 Å². The second-order valence-electron chi connectivity index (χ2n) is 4.63. The molecule has 0 aliphatic rings. The van der Waals surface area contributed by atoms with Crippen molar-refractivity contribution in [2.75, 3.05) is 0 Å². The van der Waals surface area contributed by atoms with Crippen molar-refractivity contribution in [3.8, 4) is 0 Å². The van der Waals surface area contributed by atoms with Crippen LogP contribution in [0.5, 0.6) is 0 Å². The first-order valence-electron chi connectivity index (χ1n) is 6.23. The highest BCUT2D eigenvalue weighted by Crippen LogP contribution is 2.20. The molecule has 0 bridgehead atoms. The molecule has 0 saturated carbocycles. The minimum absolute atomic E-state index is 0.0225. The minimum Gasteiger partial charge on any atom is -0.271 e. The van der Waals surface area contributed by atoms with Gasteiger partial charge in [0.05, 0.1) is 0 Å². The molecule has 0 aromatic heterocycles. The highest BCUT2D eigenvalue weighted by molar-refractivity contribution is 9.10. The summed E-state index contributed by atoms with van der Waals surface area (Å²) in [5.74, 6) is 5.36. The third-order valence-corrected chi connectivity index (χ3v) is 4.13. The van der Waals surface area contributed by atoms with Crippen molar-refractivity contribution >= 4 is 27.5 Å². The summed E-state index contributed by atoms with van der Waals surface area (Å²) >= 11 is 9.29. The molecular weight excluding hydrogens is 343 g/mol.